The zero-order chi connectivity index (χ0) is 22.7. The molecule has 0 radical (unpaired) electrons. The maximum atomic E-state index is 13.3. The molecule has 2 amide bonds. The van der Waals surface area contributed by atoms with Crippen LogP contribution in [0.1, 0.15) is 31.3 Å². The summed E-state index contributed by atoms with van der Waals surface area (Å²) in [6.07, 6.45) is 0. The Hall–Kier alpha value is -3.46. The van der Waals surface area contributed by atoms with Crippen molar-refractivity contribution >= 4 is 28.7 Å². The van der Waals surface area contributed by atoms with Crippen molar-refractivity contribution in [3.05, 3.63) is 42.1 Å². The predicted molar refractivity (Wildman–Crippen MR) is 124 cm³/mol. The molecule has 2 atom stereocenters. The third-order valence-electron chi connectivity index (χ3n) is 5.57. The summed E-state index contributed by atoms with van der Waals surface area (Å²) in [4.78, 5) is 38.9. The van der Waals surface area contributed by atoms with Crippen molar-refractivity contribution in [1.82, 2.24) is 30.5 Å². The summed E-state index contributed by atoms with van der Waals surface area (Å²) in [5, 5.41) is 10.2. The number of fused-ring (bicyclic) bond motifs is 1. The molecular weight excluding hydrogens is 406 g/mol. The molecule has 9 nitrogen and oxygen atoms in total. The van der Waals surface area contributed by atoms with Gasteiger partial charge in [0.15, 0.2) is 5.82 Å². The molecule has 4 N–H and O–H groups in total. The van der Waals surface area contributed by atoms with Gasteiger partial charge in [-0.15, -0.1) is 0 Å². The molecule has 2 aromatic heterocycles. The number of H-pyrrole nitrogens is 1. The van der Waals surface area contributed by atoms with Crippen LogP contribution in [0.25, 0.3) is 22.4 Å². The van der Waals surface area contributed by atoms with Crippen molar-refractivity contribution in [2.24, 2.45) is 0 Å². The highest BCUT2D eigenvalue weighted by Gasteiger charge is 2.28. The number of hydrogen-bond donors (Lipinski definition) is 4. The number of nitrogens with zero attached hydrogens (tertiary/aromatic N) is 3. The van der Waals surface area contributed by atoms with Crippen molar-refractivity contribution in [3.8, 4) is 11.4 Å². The van der Waals surface area contributed by atoms with E-state index in [0.29, 0.717) is 42.6 Å². The molecule has 0 spiro atoms. The number of rotatable bonds is 6. The molecule has 0 aliphatic carbocycles. The number of aromatic nitrogens is 3. The van der Waals surface area contributed by atoms with Crippen LogP contribution in [0.3, 0.4) is 0 Å². The third-order valence-corrected chi connectivity index (χ3v) is 5.57. The van der Waals surface area contributed by atoms with Crippen LogP contribution in [0.5, 0.6) is 0 Å². The topological polar surface area (TPSA) is 115 Å². The van der Waals surface area contributed by atoms with Crippen molar-refractivity contribution in [2.45, 2.75) is 32.9 Å². The van der Waals surface area contributed by atoms with E-state index >= 15 is 0 Å². The van der Waals surface area contributed by atoms with Gasteiger partial charge in [0.25, 0.3) is 5.91 Å². The molecule has 1 aliphatic heterocycles. The molecule has 0 bridgehead atoms. The van der Waals surface area contributed by atoms with Crippen LogP contribution in [-0.2, 0) is 4.79 Å². The van der Waals surface area contributed by atoms with Crippen molar-refractivity contribution in [3.63, 3.8) is 0 Å². The van der Waals surface area contributed by atoms with E-state index in [1.54, 1.807) is 0 Å². The summed E-state index contributed by atoms with van der Waals surface area (Å²) in [5.74, 6) is 1.05. The van der Waals surface area contributed by atoms with Crippen LogP contribution in [0.2, 0.25) is 0 Å². The molecule has 3 heterocycles. The fraction of sp³-hybridized carbons (Fsp3) is 0.391. The molecule has 1 saturated heterocycles. The summed E-state index contributed by atoms with van der Waals surface area (Å²) in [5.41, 5.74) is 1.97. The van der Waals surface area contributed by atoms with Gasteiger partial charge in [0.2, 0.25) is 5.91 Å². The van der Waals surface area contributed by atoms with Gasteiger partial charge < -0.3 is 25.8 Å². The quantitative estimate of drug-likeness (QED) is 0.440. The van der Waals surface area contributed by atoms with Crippen LogP contribution in [-0.4, -0.2) is 69.9 Å². The lowest BCUT2D eigenvalue weighted by Gasteiger charge is -2.37. The second-order valence-corrected chi connectivity index (χ2v) is 8.23. The molecule has 0 saturated carbocycles. The maximum Gasteiger partial charge on any atom is 0.270 e. The Morgan fingerprint density at radius 3 is 2.69 bits per heavy atom. The maximum absolute atomic E-state index is 13.3. The van der Waals surface area contributed by atoms with Gasteiger partial charge >= 0.3 is 0 Å². The second kappa shape index (κ2) is 9.35. The first kappa shape index (κ1) is 21.8. The normalized spacial score (nSPS) is 18.5. The van der Waals surface area contributed by atoms with Crippen LogP contribution < -0.4 is 16.0 Å². The average molecular weight is 436 g/mol. The fourth-order valence-corrected chi connectivity index (χ4v) is 3.85. The minimum atomic E-state index is -0.0847. The molecule has 1 fully saturated rings. The van der Waals surface area contributed by atoms with E-state index in [1.807, 2.05) is 48.2 Å². The van der Waals surface area contributed by atoms with E-state index in [2.05, 4.69) is 32.8 Å². The van der Waals surface area contributed by atoms with Gasteiger partial charge in [-0.3, -0.25) is 9.59 Å². The van der Waals surface area contributed by atoms with Crippen LogP contribution >= 0.6 is 0 Å². The van der Waals surface area contributed by atoms with Gasteiger partial charge in [-0.1, -0.05) is 30.3 Å². The molecule has 168 valence electrons. The fourth-order valence-electron chi connectivity index (χ4n) is 3.85. The van der Waals surface area contributed by atoms with Gasteiger partial charge in [0.1, 0.15) is 17.2 Å². The Balaban J connectivity index is 1.68. The molecule has 1 aliphatic rings. The molecule has 3 aromatic rings. The van der Waals surface area contributed by atoms with E-state index < -0.39 is 0 Å². The van der Waals surface area contributed by atoms with Gasteiger partial charge in [0, 0.05) is 50.7 Å². The first-order chi connectivity index (χ1) is 15.4. The molecular formula is C23H29N7O2. The highest BCUT2D eigenvalue weighted by atomic mass is 16.2. The molecule has 4 rings (SSSR count). The van der Waals surface area contributed by atoms with E-state index in [0.717, 1.165) is 17.5 Å². The lowest BCUT2D eigenvalue weighted by Crippen LogP contribution is -2.56. The highest BCUT2D eigenvalue weighted by Crippen LogP contribution is 2.26. The predicted octanol–water partition coefficient (Wildman–Crippen LogP) is 2.00. The summed E-state index contributed by atoms with van der Waals surface area (Å²) >= 11 is 0. The standard InChI is InChI=1S/C23H29N7O2/c1-14-13-30(15(2)12-26-14)23(32)19-11-18-21(25-10-9-24-16(3)31)28-20(29-22(18)27-19)17-7-5-4-6-8-17/h4-8,11,14-15,26H,9-10,12-13H2,1-3H3,(H,24,31)(H2,25,27,28,29)/t14?,15-/m0/s1. The van der Waals surface area contributed by atoms with E-state index in [4.69, 9.17) is 4.98 Å². The summed E-state index contributed by atoms with van der Waals surface area (Å²) in [7, 11) is 0. The van der Waals surface area contributed by atoms with Crippen molar-refractivity contribution < 1.29 is 9.59 Å². The van der Waals surface area contributed by atoms with Gasteiger partial charge in [-0.2, -0.15) is 0 Å². The summed E-state index contributed by atoms with van der Waals surface area (Å²) in [6, 6.07) is 11.9. The summed E-state index contributed by atoms with van der Waals surface area (Å²) in [6.45, 7) is 7.99. The van der Waals surface area contributed by atoms with Crippen molar-refractivity contribution in [1.29, 1.82) is 0 Å². The Bertz CT molecular complexity index is 1110. The average Bonchev–Trinajstić information content (AvgIpc) is 3.22. The van der Waals surface area contributed by atoms with Crippen molar-refractivity contribution in [2.75, 3.05) is 31.5 Å². The minimum Gasteiger partial charge on any atom is -0.368 e. The number of hydrogen-bond acceptors (Lipinski definition) is 6. The van der Waals surface area contributed by atoms with E-state index in [9.17, 15) is 9.59 Å². The zero-order valence-corrected chi connectivity index (χ0v) is 18.6. The first-order valence-electron chi connectivity index (χ1n) is 10.9. The number of benzene rings is 1. The third kappa shape index (κ3) is 4.72. The number of aromatic amines is 1. The zero-order valence-electron chi connectivity index (χ0n) is 18.6. The number of nitrogens with one attached hydrogen (secondary N) is 4. The lowest BCUT2D eigenvalue weighted by atomic mass is 10.1. The first-order valence-corrected chi connectivity index (χ1v) is 10.9. The van der Waals surface area contributed by atoms with Gasteiger partial charge in [-0.05, 0) is 19.9 Å². The van der Waals surface area contributed by atoms with E-state index in [-0.39, 0.29) is 23.9 Å². The molecule has 32 heavy (non-hydrogen) atoms. The Labute approximate surface area is 187 Å². The SMILES string of the molecule is CC(=O)NCCNc1nc(-c2ccccc2)nc2[nH]c(C(=O)N3CC(C)NC[C@@H]3C)cc12. The number of piperazine rings is 1. The molecule has 1 unspecified atom stereocenters. The Kier molecular flexibility index (Phi) is 6.36. The minimum absolute atomic E-state index is 0.0469. The van der Waals surface area contributed by atoms with Gasteiger partial charge in [-0.25, -0.2) is 9.97 Å². The smallest absolute Gasteiger partial charge is 0.270 e. The Morgan fingerprint density at radius 1 is 1.16 bits per heavy atom. The van der Waals surface area contributed by atoms with Crippen LogP contribution in [0.4, 0.5) is 5.82 Å². The van der Waals surface area contributed by atoms with Gasteiger partial charge in [0.05, 0.1) is 5.39 Å². The number of anilines is 1. The largest absolute Gasteiger partial charge is 0.368 e. The second-order valence-electron chi connectivity index (χ2n) is 8.23. The number of carbonyl (C=O) groups excluding carboxylic acids is 2. The molecule has 9 heteroatoms. The molecule has 1 aromatic carbocycles. The van der Waals surface area contributed by atoms with Crippen LogP contribution in [0, 0.1) is 0 Å². The lowest BCUT2D eigenvalue weighted by molar-refractivity contribution is -0.118. The number of carbonyl (C=O) groups is 2. The monoisotopic (exact) mass is 435 g/mol. The van der Waals surface area contributed by atoms with E-state index in [1.165, 1.54) is 6.92 Å². The Morgan fingerprint density at radius 2 is 1.94 bits per heavy atom. The van der Waals surface area contributed by atoms with Crippen LogP contribution in [0.15, 0.2) is 36.4 Å². The summed E-state index contributed by atoms with van der Waals surface area (Å²) < 4.78 is 0. The number of amides is 2. The highest BCUT2D eigenvalue weighted by molar-refractivity contribution is 6.00.